The highest BCUT2D eigenvalue weighted by Gasteiger charge is 2.46. The summed E-state index contributed by atoms with van der Waals surface area (Å²) in [5.41, 5.74) is -0.924. The van der Waals surface area contributed by atoms with Gasteiger partial charge in [-0.15, -0.1) is 0 Å². The van der Waals surface area contributed by atoms with Crippen molar-refractivity contribution in [3.63, 3.8) is 0 Å². The van der Waals surface area contributed by atoms with Gasteiger partial charge in [0, 0.05) is 26.2 Å². The highest BCUT2D eigenvalue weighted by Crippen LogP contribution is 2.52. The number of halogens is 3. The Balaban J connectivity index is 1.43. The van der Waals surface area contributed by atoms with E-state index in [0.29, 0.717) is 17.4 Å². The fourth-order valence-electron chi connectivity index (χ4n) is 3.65. The van der Waals surface area contributed by atoms with Gasteiger partial charge < -0.3 is 14.7 Å². The second-order valence-corrected chi connectivity index (χ2v) is 7.69. The number of carbonyl (C=O) groups excluding carboxylic acids is 1. The van der Waals surface area contributed by atoms with E-state index in [1.807, 2.05) is 0 Å². The van der Waals surface area contributed by atoms with Crippen molar-refractivity contribution in [3.8, 4) is 0 Å². The van der Waals surface area contributed by atoms with Crippen LogP contribution in [0.5, 0.6) is 0 Å². The lowest BCUT2D eigenvalue weighted by molar-refractivity contribution is -0.141. The lowest BCUT2D eigenvalue weighted by Gasteiger charge is -2.31. The van der Waals surface area contributed by atoms with Crippen molar-refractivity contribution >= 4 is 11.9 Å². The Labute approximate surface area is 159 Å². The van der Waals surface area contributed by atoms with Crippen molar-refractivity contribution < 1.29 is 22.5 Å². The summed E-state index contributed by atoms with van der Waals surface area (Å²) in [4.78, 5) is 18.8. The number of piperidine rings is 1. The van der Waals surface area contributed by atoms with Crippen molar-refractivity contribution in [1.82, 2.24) is 25.2 Å². The van der Waals surface area contributed by atoms with E-state index in [1.54, 1.807) is 6.92 Å². The molecule has 1 aliphatic carbocycles. The van der Waals surface area contributed by atoms with Crippen molar-refractivity contribution in [2.75, 3.05) is 18.0 Å². The number of hydrogen-bond donors (Lipinski definition) is 1. The average molecular weight is 398 g/mol. The first-order valence-electron chi connectivity index (χ1n) is 9.18. The number of amides is 1. The lowest BCUT2D eigenvalue weighted by Crippen LogP contribution is -2.37. The van der Waals surface area contributed by atoms with Crippen LogP contribution >= 0.6 is 0 Å². The van der Waals surface area contributed by atoms with Crippen molar-refractivity contribution in [2.45, 2.75) is 44.8 Å². The molecule has 1 N–H and O–H groups in total. The lowest BCUT2D eigenvalue weighted by atomic mass is 9.95. The van der Waals surface area contributed by atoms with Gasteiger partial charge in [-0.2, -0.15) is 23.3 Å². The van der Waals surface area contributed by atoms with E-state index >= 15 is 0 Å². The minimum Gasteiger partial charge on any atom is -0.339 e. The number of nitrogens with zero attached hydrogens (tertiary/aromatic N) is 5. The van der Waals surface area contributed by atoms with Crippen LogP contribution in [0, 0.1) is 5.41 Å². The van der Waals surface area contributed by atoms with E-state index in [-0.39, 0.29) is 11.6 Å². The van der Waals surface area contributed by atoms with Gasteiger partial charge >= 0.3 is 6.18 Å². The summed E-state index contributed by atoms with van der Waals surface area (Å²) >= 11 is 0. The number of carbonyl (C=O) groups is 1. The van der Waals surface area contributed by atoms with E-state index in [4.69, 9.17) is 4.52 Å². The van der Waals surface area contributed by atoms with E-state index in [1.165, 1.54) is 26.3 Å². The number of aryl methyl sites for hydroxylation is 1. The SMILES string of the molecule is C[C@H](NC(=O)c1cc(C(F)(F)F)nn1C)c1nc(N2CCCC3(CC3)C2)no1. The first-order valence-corrected chi connectivity index (χ1v) is 9.18. The summed E-state index contributed by atoms with van der Waals surface area (Å²) in [7, 11) is 1.28. The molecule has 1 saturated heterocycles. The zero-order valence-electron chi connectivity index (χ0n) is 15.6. The Bertz CT molecular complexity index is 886. The monoisotopic (exact) mass is 398 g/mol. The van der Waals surface area contributed by atoms with E-state index in [2.05, 4.69) is 25.5 Å². The molecule has 0 unspecified atom stereocenters. The largest absolute Gasteiger partial charge is 0.435 e. The predicted octanol–water partition coefficient (Wildman–Crippen LogP) is 2.69. The molecule has 1 saturated carbocycles. The molecule has 3 heterocycles. The van der Waals surface area contributed by atoms with Gasteiger partial charge in [-0.25, -0.2) is 0 Å². The Morgan fingerprint density at radius 2 is 2.11 bits per heavy atom. The Morgan fingerprint density at radius 1 is 1.36 bits per heavy atom. The van der Waals surface area contributed by atoms with Crippen LogP contribution < -0.4 is 10.2 Å². The van der Waals surface area contributed by atoms with Gasteiger partial charge in [0.15, 0.2) is 5.69 Å². The third kappa shape index (κ3) is 3.57. The van der Waals surface area contributed by atoms with Crippen LogP contribution in [0.4, 0.5) is 19.1 Å². The molecule has 0 radical (unpaired) electrons. The van der Waals surface area contributed by atoms with E-state index in [0.717, 1.165) is 24.2 Å². The van der Waals surface area contributed by atoms with Gasteiger partial charge in [-0.1, -0.05) is 0 Å². The molecule has 1 aliphatic heterocycles. The van der Waals surface area contributed by atoms with Crippen molar-refractivity contribution in [2.24, 2.45) is 12.5 Å². The molecule has 152 valence electrons. The highest BCUT2D eigenvalue weighted by molar-refractivity contribution is 5.92. The molecule has 0 aromatic carbocycles. The molecule has 2 aromatic rings. The summed E-state index contributed by atoms with van der Waals surface area (Å²) in [6, 6.07) is 0.0575. The van der Waals surface area contributed by atoms with Gasteiger partial charge in [0.1, 0.15) is 11.7 Å². The van der Waals surface area contributed by atoms with Crippen LogP contribution in [0.1, 0.15) is 60.7 Å². The zero-order chi connectivity index (χ0) is 20.1. The van der Waals surface area contributed by atoms with Crippen LogP contribution in [-0.2, 0) is 13.2 Å². The van der Waals surface area contributed by atoms with Crippen LogP contribution in [0.15, 0.2) is 10.6 Å². The zero-order valence-corrected chi connectivity index (χ0v) is 15.6. The maximum atomic E-state index is 12.8. The predicted molar refractivity (Wildman–Crippen MR) is 91.5 cm³/mol. The highest BCUT2D eigenvalue weighted by atomic mass is 19.4. The molecule has 1 amide bonds. The third-order valence-electron chi connectivity index (χ3n) is 5.45. The third-order valence-corrected chi connectivity index (χ3v) is 5.45. The summed E-state index contributed by atoms with van der Waals surface area (Å²) < 4.78 is 44.5. The van der Waals surface area contributed by atoms with Crippen LogP contribution in [-0.4, -0.2) is 38.9 Å². The second-order valence-electron chi connectivity index (χ2n) is 7.69. The fraction of sp³-hybridized carbons (Fsp3) is 0.647. The van der Waals surface area contributed by atoms with Crippen molar-refractivity contribution in [1.29, 1.82) is 0 Å². The molecule has 1 atom stereocenters. The summed E-state index contributed by atoms with van der Waals surface area (Å²) in [5, 5.41) is 9.93. The molecular weight excluding hydrogens is 377 g/mol. The Morgan fingerprint density at radius 3 is 2.75 bits per heavy atom. The number of nitrogens with one attached hydrogen (secondary N) is 1. The Kier molecular flexibility index (Phi) is 4.35. The standard InChI is InChI=1S/C17H21F3N6O2/c1-10(21-13(27)11-8-12(17(18,19)20)23-25(11)2)14-22-15(24-28-14)26-7-3-4-16(9-26)5-6-16/h8,10H,3-7,9H2,1-2H3,(H,21,27)/t10-/m0/s1. The fourth-order valence-corrected chi connectivity index (χ4v) is 3.65. The number of alkyl halides is 3. The second kappa shape index (κ2) is 6.49. The van der Waals surface area contributed by atoms with Gasteiger partial charge in [-0.3, -0.25) is 9.48 Å². The number of hydrogen-bond acceptors (Lipinski definition) is 6. The summed E-state index contributed by atoms with van der Waals surface area (Å²) in [6.45, 7) is 3.40. The number of rotatable bonds is 4. The minimum absolute atomic E-state index is 0.203. The molecule has 11 heteroatoms. The van der Waals surface area contributed by atoms with E-state index in [9.17, 15) is 18.0 Å². The first kappa shape index (κ1) is 18.8. The van der Waals surface area contributed by atoms with Crippen LogP contribution in [0.2, 0.25) is 0 Å². The minimum atomic E-state index is -4.61. The topological polar surface area (TPSA) is 89.1 Å². The summed E-state index contributed by atoms with van der Waals surface area (Å²) in [6.07, 6.45) is 0.150. The van der Waals surface area contributed by atoms with Crippen molar-refractivity contribution in [3.05, 3.63) is 23.3 Å². The molecule has 1 spiro atoms. The number of anilines is 1. The van der Waals surface area contributed by atoms with Gasteiger partial charge in [0.05, 0.1) is 0 Å². The molecule has 0 bridgehead atoms. The van der Waals surface area contributed by atoms with Crippen LogP contribution in [0.25, 0.3) is 0 Å². The molecular formula is C17H21F3N6O2. The smallest absolute Gasteiger partial charge is 0.339 e. The maximum absolute atomic E-state index is 12.8. The first-order chi connectivity index (χ1) is 13.2. The Hall–Kier alpha value is -2.59. The molecule has 28 heavy (non-hydrogen) atoms. The molecule has 4 rings (SSSR count). The molecule has 8 nitrogen and oxygen atoms in total. The average Bonchev–Trinajstić information content (AvgIpc) is 3.06. The van der Waals surface area contributed by atoms with Crippen LogP contribution in [0.3, 0.4) is 0 Å². The van der Waals surface area contributed by atoms with Gasteiger partial charge in [-0.05, 0) is 43.2 Å². The van der Waals surface area contributed by atoms with Gasteiger partial charge in [0.2, 0.25) is 0 Å². The quantitative estimate of drug-likeness (QED) is 0.852. The normalized spacial score (nSPS) is 19.7. The molecule has 2 fully saturated rings. The number of aromatic nitrogens is 4. The molecule has 2 aliphatic rings. The summed E-state index contributed by atoms with van der Waals surface area (Å²) in [5.74, 6) is -0.00777. The molecule has 2 aromatic heterocycles. The maximum Gasteiger partial charge on any atom is 0.435 e. The van der Waals surface area contributed by atoms with E-state index < -0.39 is 23.8 Å². The van der Waals surface area contributed by atoms with Gasteiger partial charge in [0.25, 0.3) is 17.7 Å².